The maximum Gasteiger partial charge on any atom is 0.277 e. The summed E-state index contributed by atoms with van der Waals surface area (Å²) in [7, 11) is 3.82. The Labute approximate surface area is 145 Å². The number of carbonyl (C=O) groups is 1. The largest absolute Gasteiger partial charge is 0.368 e. The smallest absolute Gasteiger partial charge is 0.277 e. The highest BCUT2D eigenvalue weighted by atomic mass is 16.2. The fraction of sp³-hybridized carbons (Fsp3) is 0.222. The summed E-state index contributed by atoms with van der Waals surface area (Å²) in [5, 5.41) is 7.29. The zero-order valence-electron chi connectivity index (χ0n) is 14.3. The van der Waals surface area contributed by atoms with Gasteiger partial charge in [-0.3, -0.25) is 14.5 Å². The molecule has 7 heteroatoms. The number of rotatable bonds is 2. The molecule has 1 aliphatic rings. The Morgan fingerprint density at radius 3 is 2.84 bits per heavy atom. The molecule has 3 aromatic heterocycles. The van der Waals surface area contributed by atoms with Crippen LogP contribution < -0.4 is 10.2 Å². The van der Waals surface area contributed by atoms with Crippen LogP contribution in [-0.2, 0) is 13.6 Å². The fourth-order valence-electron chi connectivity index (χ4n) is 3.19. The third-order valence-electron chi connectivity index (χ3n) is 4.31. The second-order valence-electron chi connectivity index (χ2n) is 6.14. The highest BCUT2D eigenvalue weighted by Crippen LogP contribution is 2.37. The molecule has 25 heavy (non-hydrogen) atoms. The second-order valence-corrected chi connectivity index (χ2v) is 6.14. The van der Waals surface area contributed by atoms with Gasteiger partial charge in [0.05, 0.1) is 11.4 Å². The molecule has 126 valence electrons. The number of aromatic nitrogens is 4. The van der Waals surface area contributed by atoms with E-state index < -0.39 is 0 Å². The van der Waals surface area contributed by atoms with Gasteiger partial charge in [0.1, 0.15) is 11.5 Å². The van der Waals surface area contributed by atoms with E-state index in [9.17, 15) is 4.79 Å². The first-order valence-electron chi connectivity index (χ1n) is 8.02. The first-order chi connectivity index (χ1) is 12.0. The zero-order chi connectivity index (χ0) is 17.6. The average molecular weight is 334 g/mol. The molecule has 7 nitrogen and oxygen atoms in total. The molecule has 4 rings (SSSR count). The van der Waals surface area contributed by atoms with Gasteiger partial charge in [0.25, 0.3) is 5.91 Å². The number of anilines is 2. The molecule has 3 aromatic rings. The van der Waals surface area contributed by atoms with E-state index in [-0.39, 0.29) is 5.91 Å². The van der Waals surface area contributed by atoms with Crippen molar-refractivity contribution in [3.05, 3.63) is 53.5 Å². The van der Waals surface area contributed by atoms with Gasteiger partial charge in [0.2, 0.25) is 0 Å². The van der Waals surface area contributed by atoms with Crippen LogP contribution in [0, 0.1) is 6.92 Å². The molecule has 0 saturated carbocycles. The summed E-state index contributed by atoms with van der Waals surface area (Å²) in [6.45, 7) is 2.49. The molecule has 1 aliphatic heterocycles. The van der Waals surface area contributed by atoms with Crippen LogP contribution in [0.4, 0.5) is 11.5 Å². The average Bonchev–Trinajstić information content (AvgIpc) is 2.92. The molecule has 0 unspecified atom stereocenters. The molecule has 0 aliphatic carbocycles. The van der Waals surface area contributed by atoms with E-state index in [0.29, 0.717) is 18.1 Å². The fourth-order valence-corrected chi connectivity index (χ4v) is 3.19. The summed E-state index contributed by atoms with van der Waals surface area (Å²) in [5.41, 5.74) is 4.89. The van der Waals surface area contributed by atoms with Gasteiger partial charge in [-0.15, -0.1) is 0 Å². The van der Waals surface area contributed by atoms with Crippen molar-refractivity contribution in [3.63, 3.8) is 0 Å². The van der Waals surface area contributed by atoms with Crippen molar-refractivity contribution in [3.8, 4) is 11.4 Å². The normalized spacial score (nSPS) is 12.5. The number of hydrogen-bond donors (Lipinski definition) is 1. The number of carbonyl (C=O) groups excluding carboxylic acids is 1. The van der Waals surface area contributed by atoms with Crippen LogP contribution in [0.3, 0.4) is 0 Å². The topological polar surface area (TPSA) is 75.9 Å². The third-order valence-corrected chi connectivity index (χ3v) is 4.31. The summed E-state index contributed by atoms with van der Waals surface area (Å²) in [6.07, 6.45) is 1.76. The SMILES string of the molecule is Cc1cccc(NC(=O)c2nn(C)c3c2CN(C)c2cccnc2-3)n1. The van der Waals surface area contributed by atoms with Crippen LogP contribution in [0.25, 0.3) is 11.4 Å². The summed E-state index contributed by atoms with van der Waals surface area (Å²) in [4.78, 5) is 23.7. The monoisotopic (exact) mass is 334 g/mol. The Bertz CT molecular complexity index is 977. The highest BCUT2D eigenvalue weighted by Gasteiger charge is 2.30. The molecule has 0 aromatic carbocycles. The summed E-state index contributed by atoms with van der Waals surface area (Å²) in [6, 6.07) is 9.45. The number of fused-ring (bicyclic) bond motifs is 3. The lowest BCUT2D eigenvalue weighted by atomic mass is 10.0. The summed E-state index contributed by atoms with van der Waals surface area (Å²) in [5.74, 6) is 0.259. The van der Waals surface area contributed by atoms with Crippen molar-refractivity contribution in [1.82, 2.24) is 19.7 Å². The van der Waals surface area contributed by atoms with Crippen LogP contribution in [0.15, 0.2) is 36.5 Å². The molecule has 0 spiro atoms. The Morgan fingerprint density at radius 2 is 2.04 bits per heavy atom. The van der Waals surface area contributed by atoms with Gasteiger partial charge in [-0.1, -0.05) is 6.07 Å². The van der Waals surface area contributed by atoms with Crippen molar-refractivity contribution < 1.29 is 4.79 Å². The molecule has 0 bridgehead atoms. The van der Waals surface area contributed by atoms with E-state index >= 15 is 0 Å². The molecule has 4 heterocycles. The molecule has 0 fully saturated rings. The molecular formula is C18H18N6O. The number of amides is 1. The van der Waals surface area contributed by atoms with Crippen LogP contribution >= 0.6 is 0 Å². The molecule has 1 amide bonds. The maximum atomic E-state index is 12.8. The Hall–Kier alpha value is -3.22. The number of nitrogens with one attached hydrogen (secondary N) is 1. The molecule has 0 atom stereocenters. The predicted octanol–water partition coefficient (Wildman–Crippen LogP) is 2.39. The van der Waals surface area contributed by atoms with Gasteiger partial charge < -0.3 is 10.2 Å². The van der Waals surface area contributed by atoms with Crippen LogP contribution in [0.1, 0.15) is 21.7 Å². The van der Waals surface area contributed by atoms with Gasteiger partial charge >= 0.3 is 0 Å². The standard InChI is InChI=1S/C18H18N6O/c1-11-6-4-8-14(20-11)21-18(25)15-12-10-23(2)13-7-5-9-19-16(13)17(12)24(3)22-15/h4-9H,10H2,1-3H3,(H,20,21,25). The number of aryl methyl sites for hydroxylation is 2. The van der Waals surface area contributed by atoms with Crippen LogP contribution in [-0.4, -0.2) is 32.7 Å². The van der Waals surface area contributed by atoms with Crippen LogP contribution in [0.2, 0.25) is 0 Å². The lowest BCUT2D eigenvalue weighted by Gasteiger charge is -2.27. The van der Waals surface area contributed by atoms with E-state index in [1.165, 1.54) is 0 Å². The third kappa shape index (κ3) is 2.53. The van der Waals surface area contributed by atoms with Gasteiger partial charge in [-0.25, -0.2) is 4.98 Å². The predicted molar refractivity (Wildman–Crippen MR) is 95.5 cm³/mol. The number of pyridine rings is 2. The van der Waals surface area contributed by atoms with Crippen molar-refractivity contribution in [2.75, 3.05) is 17.3 Å². The van der Waals surface area contributed by atoms with Crippen molar-refractivity contribution in [2.24, 2.45) is 7.05 Å². The van der Waals surface area contributed by atoms with E-state index in [1.807, 2.05) is 45.3 Å². The van der Waals surface area contributed by atoms with E-state index in [2.05, 4.69) is 25.3 Å². The Balaban J connectivity index is 1.75. The first kappa shape index (κ1) is 15.3. The van der Waals surface area contributed by atoms with E-state index in [4.69, 9.17) is 0 Å². The lowest BCUT2D eigenvalue weighted by Crippen LogP contribution is -2.24. The van der Waals surface area contributed by atoms with E-state index in [0.717, 1.165) is 28.3 Å². The van der Waals surface area contributed by atoms with Crippen molar-refractivity contribution >= 4 is 17.4 Å². The van der Waals surface area contributed by atoms with Gasteiger partial charge in [0.15, 0.2) is 5.69 Å². The van der Waals surface area contributed by atoms with Gasteiger partial charge in [-0.05, 0) is 31.2 Å². The Morgan fingerprint density at radius 1 is 1.20 bits per heavy atom. The minimum Gasteiger partial charge on any atom is -0.368 e. The van der Waals surface area contributed by atoms with Gasteiger partial charge in [-0.2, -0.15) is 5.10 Å². The number of nitrogens with zero attached hydrogens (tertiary/aromatic N) is 5. The van der Waals surface area contributed by atoms with Gasteiger partial charge in [0, 0.05) is 38.1 Å². The zero-order valence-corrected chi connectivity index (χ0v) is 14.3. The van der Waals surface area contributed by atoms with Crippen molar-refractivity contribution in [1.29, 1.82) is 0 Å². The molecule has 0 saturated heterocycles. The lowest BCUT2D eigenvalue weighted by molar-refractivity contribution is 0.102. The minimum atomic E-state index is -0.261. The summed E-state index contributed by atoms with van der Waals surface area (Å²) < 4.78 is 1.73. The molecular weight excluding hydrogens is 316 g/mol. The number of hydrogen-bond acceptors (Lipinski definition) is 5. The van der Waals surface area contributed by atoms with E-state index in [1.54, 1.807) is 16.9 Å². The molecule has 0 radical (unpaired) electrons. The highest BCUT2D eigenvalue weighted by molar-refractivity contribution is 6.05. The summed E-state index contributed by atoms with van der Waals surface area (Å²) >= 11 is 0. The second kappa shape index (κ2) is 5.70. The van der Waals surface area contributed by atoms with Crippen LogP contribution in [0.5, 0.6) is 0 Å². The Kier molecular flexibility index (Phi) is 3.49. The quantitative estimate of drug-likeness (QED) is 0.779. The first-order valence-corrected chi connectivity index (χ1v) is 8.02. The van der Waals surface area contributed by atoms with Crippen molar-refractivity contribution in [2.45, 2.75) is 13.5 Å². The minimum absolute atomic E-state index is 0.261. The maximum absolute atomic E-state index is 12.8. The molecule has 1 N–H and O–H groups in total.